The molecule has 0 radical (unpaired) electrons. The maximum absolute atomic E-state index is 14.2. The Morgan fingerprint density at radius 1 is 1.08 bits per heavy atom. The zero-order valence-electron chi connectivity index (χ0n) is 20.5. The van der Waals surface area contributed by atoms with Gasteiger partial charge in [-0.3, -0.25) is 4.31 Å². The summed E-state index contributed by atoms with van der Waals surface area (Å²) in [6, 6.07) is 19.5. The Balaban J connectivity index is 1.63. The van der Waals surface area contributed by atoms with Crippen molar-refractivity contribution in [2.24, 2.45) is 0 Å². The van der Waals surface area contributed by atoms with Gasteiger partial charge in [-0.2, -0.15) is 0 Å². The molecule has 0 bridgehead atoms. The molecule has 1 fully saturated rings. The largest absolute Gasteiger partial charge is 0.477 e. The summed E-state index contributed by atoms with van der Waals surface area (Å²) in [5, 5.41) is 14.7. The molecule has 4 aromatic rings. The number of carbonyl (C=O) groups excluding carboxylic acids is 1. The lowest BCUT2D eigenvalue weighted by Gasteiger charge is -2.35. The highest BCUT2D eigenvalue weighted by Crippen LogP contribution is 2.46. The van der Waals surface area contributed by atoms with Crippen molar-refractivity contribution in [3.05, 3.63) is 82.3 Å². The van der Waals surface area contributed by atoms with Crippen LogP contribution >= 0.6 is 27.3 Å². The maximum atomic E-state index is 14.2. The first-order valence-electron chi connectivity index (χ1n) is 12.1. The number of nitrogens with one attached hydrogen (secondary N) is 1. The SMILES string of the molecule is O=C=COc1c(C(=O)O)sc(-c2cccc(N(C3CCNCC3)S(=O)(=O)c3ccc4ccccc4c3)c2)c1Br. The summed E-state index contributed by atoms with van der Waals surface area (Å²) in [6.45, 7) is 1.38. The minimum absolute atomic E-state index is 0.0183. The summed E-state index contributed by atoms with van der Waals surface area (Å²) < 4.78 is 35.5. The average molecular weight is 628 g/mol. The highest BCUT2D eigenvalue weighted by atomic mass is 79.9. The van der Waals surface area contributed by atoms with Gasteiger partial charge in [0, 0.05) is 6.04 Å². The number of aromatic carboxylic acids is 1. The summed E-state index contributed by atoms with van der Waals surface area (Å²) in [5.74, 6) is 0.244. The van der Waals surface area contributed by atoms with Crippen molar-refractivity contribution >= 4 is 65.7 Å². The van der Waals surface area contributed by atoms with Crippen molar-refractivity contribution in [2.75, 3.05) is 17.4 Å². The fourth-order valence-electron chi connectivity index (χ4n) is 4.72. The highest BCUT2D eigenvalue weighted by Gasteiger charge is 2.33. The first kappa shape index (κ1) is 27.1. The third-order valence-corrected chi connectivity index (χ3v) is 10.6. The molecule has 0 amide bonds. The van der Waals surface area contributed by atoms with Gasteiger partial charge in [-0.25, -0.2) is 18.0 Å². The quantitative estimate of drug-likeness (QED) is 0.190. The van der Waals surface area contributed by atoms with Gasteiger partial charge in [-0.05, 0) is 82.5 Å². The molecule has 11 heteroatoms. The lowest BCUT2D eigenvalue weighted by molar-refractivity contribution is 0.0699. The second kappa shape index (κ2) is 11.3. The van der Waals surface area contributed by atoms with Crippen molar-refractivity contribution in [2.45, 2.75) is 23.8 Å². The molecule has 0 unspecified atom stereocenters. The molecule has 2 heterocycles. The molecule has 1 aromatic heterocycles. The van der Waals surface area contributed by atoms with Crippen LogP contribution in [0, 0.1) is 0 Å². The van der Waals surface area contributed by atoms with E-state index >= 15 is 0 Å². The van der Waals surface area contributed by atoms with E-state index < -0.39 is 16.0 Å². The van der Waals surface area contributed by atoms with Crippen LogP contribution in [0.5, 0.6) is 5.75 Å². The Bertz CT molecular complexity index is 1710. The third kappa shape index (κ3) is 5.36. The van der Waals surface area contributed by atoms with Crippen LogP contribution in [0.2, 0.25) is 0 Å². The molecule has 2 N–H and O–H groups in total. The standard InChI is InChI=1S/C28H23BrN2O6S2/c29-24-25(37-15-14-32)27(28(33)34)38-26(24)20-6-3-7-22(16-20)31(21-10-12-30-13-11-21)39(35,36)23-9-8-18-4-1-2-5-19(18)17-23/h1-9,15-17,21,30H,10-13H2,(H,33,34). The van der Waals surface area contributed by atoms with E-state index in [9.17, 15) is 23.1 Å². The van der Waals surface area contributed by atoms with Crippen molar-refractivity contribution in [1.82, 2.24) is 5.32 Å². The summed E-state index contributed by atoms with van der Waals surface area (Å²) >= 11 is 4.37. The van der Waals surface area contributed by atoms with Crippen LogP contribution < -0.4 is 14.4 Å². The van der Waals surface area contributed by atoms with Crippen LogP contribution in [0.25, 0.3) is 21.2 Å². The fourth-order valence-corrected chi connectivity index (χ4v) is 8.32. The molecule has 0 aliphatic carbocycles. The normalized spacial score (nSPS) is 14.1. The molecule has 39 heavy (non-hydrogen) atoms. The van der Waals surface area contributed by atoms with E-state index in [1.165, 1.54) is 10.2 Å². The number of carboxylic acids is 1. The number of hydrogen-bond donors (Lipinski definition) is 2. The number of anilines is 1. The number of rotatable bonds is 8. The number of ether oxygens (including phenoxy) is 1. The Hall–Kier alpha value is -3.47. The number of halogens is 1. The van der Waals surface area contributed by atoms with Gasteiger partial charge in [0.05, 0.1) is 19.9 Å². The topological polar surface area (TPSA) is 113 Å². The van der Waals surface area contributed by atoms with E-state index in [-0.39, 0.29) is 21.6 Å². The Morgan fingerprint density at radius 2 is 1.82 bits per heavy atom. The van der Waals surface area contributed by atoms with Crippen molar-refractivity contribution < 1.29 is 27.9 Å². The Kier molecular flexibility index (Phi) is 7.88. The van der Waals surface area contributed by atoms with Crippen LogP contribution in [-0.2, 0) is 14.8 Å². The number of sulfonamides is 1. The zero-order chi connectivity index (χ0) is 27.6. The van der Waals surface area contributed by atoms with E-state index in [0.717, 1.165) is 28.4 Å². The summed E-state index contributed by atoms with van der Waals surface area (Å²) in [5.41, 5.74) is 1.07. The summed E-state index contributed by atoms with van der Waals surface area (Å²) in [7, 11) is -3.95. The summed E-state index contributed by atoms with van der Waals surface area (Å²) in [6.07, 6.45) is 2.02. The van der Waals surface area contributed by atoms with Crippen LogP contribution in [0.4, 0.5) is 5.69 Å². The monoisotopic (exact) mass is 626 g/mol. The number of thiophene rings is 1. The van der Waals surface area contributed by atoms with Gasteiger partial charge in [-0.15, -0.1) is 11.3 Å². The Morgan fingerprint density at radius 3 is 2.54 bits per heavy atom. The molecule has 0 atom stereocenters. The molecule has 1 saturated heterocycles. The minimum Gasteiger partial charge on any atom is -0.477 e. The van der Waals surface area contributed by atoms with Gasteiger partial charge < -0.3 is 15.2 Å². The lowest BCUT2D eigenvalue weighted by Crippen LogP contribution is -2.46. The number of benzene rings is 3. The lowest BCUT2D eigenvalue weighted by atomic mass is 10.1. The van der Waals surface area contributed by atoms with Gasteiger partial charge in [0.2, 0.25) is 0 Å². The molecule has 8 nitrogen and oxygen atoms in total. The van der Waals surface area contributed by atoms with Crippen LogP contribution in [0.3, 0.4) is 0 Å². The van der Waals surface area contributed by atoms with Crippen molar-refractivity contribution in [3.8, 4) is 16.2 Å². The van der Waals surface area contributed by atoms with Crippen LogP contribution in [0.1, 0.15) is 22.5 Å². The fraction of sp³-hybridized carbons (Fsp3) is 0.179. The van der Waals surface area contributed by atoms with Gasteiger partial charge in [0.25, 0.3) is 10.0 Å². The molecule has 200 valence electrons. The highest BCUT2D eigenvalue weighted by molar-refractivity contribution is 9.10. The maximum Gasteiger partial charge on any atom is 0.349 e. The second-order valence-corrected chi connectivity index (χ2v) is 12.5. The molecule has 5 rings (SSSR count). The smallest absolute Gasteiger partial charge is 0.349 e. The molecule has 3 aromatic carbocycles. The van der Waals surface area contributed by atoms with E-state index in [1.54, 1.807) is 36.4 Å². The first-order valence-corrected chi connectivity index (χ1v) is 15.1. The second-order valence-electron chi connectivity index (χ2n) is 8.90. The van der Waals surface area contributed by atoms with Gasteiger partial charge in [-0.1, -0.05) is 42.5 Å². The van der Waals surface area contributed by atoms with Gasteiger partial charge in [0.1, 0.15) is 0 Å². The number of fused-ring (bicyclic) bond motifs is 1. The van der Waals surface area contributed by atoms with Crippen LogP contribution in [0.15, 0.2) is 82.4 Å². The van der Waals surface area contributed by atoms with Crippen molar-refractivity contribution in [1.29, 1.82) is 0 Å². The molecular formula is C28H23BrN2O6S2. The minimum atomic E-state index is -3.95. The van der Waals surface area contributed by atoms with Crippen molar-refractivity contribution in [3.63, 3.8) is 0 Å². The molecule has 0 spiro atoms. The number of piperidine rings is 1. The average Bonchev–Trinajstić information content (AvgIpc) is 3.28. The van der Waals surface area contributed by atoms with E-state index in [2.05, 4.69) is 21.2 Å². The van der Waals surface area contributed by atoms with Crippen LogP contribution in [-0.4, -0.2) is 44.6 Å². The molecule has 1 aliphatic rings. The molecular weight excluding hydrogens is 604 g/mol. The number of carbonyl (C=O) groups is 1. The zero-order valence-corrected chi connectivity index (χ0v) is 23.7. The predicted octanol–water partition coefficient (Wildman–Crippen LogP) is 5.70. The number of nitrogens with zero attached hydrogens (tertiary/aromatic N) is 1. The van der Waals surface area contributed by atoms with E-state index in [1.807, 2.05) is 30.3 Å². The number of hydrogen-bond acceptors (Lipinski definition) is 7. The Labute approximate surface area is 237 Å². The molecule has 0 saturated carbocycles. The summed E-state index contributed by atoms with van der Waals surface area (Å²) in [4.78, 5) is 23.1. The van der Waals surface area contributed by atoms with E-state index in [4.69, 9.17) is 4.74 Å². The third-order valence-electron chi connectivity index (χ3n) is 6.51. The molecule has 1 aliphatic heterocycles. The van der Waals surface area contributed by atoms with E-state index in [0.29, 0.717) is 46.5 Å². The number of carboxylic acid groups (broad SMARTS) is 1. The van der Waals surface area contributed by atoms with Gasteiger partial charge in [0.15, 0.2) is 22.8 Å². The van der Waals surface area contributed by atoms with Gasteiger partial charge >= 0.3 is 5.97 Å². The predicted molar refractivity (Wildman–Crippen MR) is 155 cm³/mol. The first-order chi connectivity index (χ1) is 18.8.